The fraction of sp³-hybridized carbons (Fsp3) is 0.111. The molecule has 27 heavy (non-hydrogen) atoms. The van der Waals surface area contributed by atoms with Crippen molar-refractivity contribution >= 4 is 5.57 Å². The molecule has 0 atom stereocenters. The van der Waals surface area contributed by atoms with Crippen molar-refractivity contribution in [3.05, 3.63) is 138 Å². The van der Waals surface area contributed by atoms with Crippen LogP contribution in [0.1, 0.15) is 36.1 Å². The molecule has 0 N–H and O–H groups in total. The highest BCUT2D eigenvalue weighted by molar-refractivity contribution is 5.91. The third kappa shape index (κ3) is 2.78. The Labute approximate surface area is 163 Å². The minimum atomic E-state index is -0.357. The first-order chi connectivity index (χ1) is 13.3. The lowest BCUT2D eigenvalue weighted by Gasteiger charge is -2.34. The quantitative estimate of drug-likeness (QED) is 0.467. The van der Waals surface area contributed by atoms with Crippen LogP contribution < -0.4 is 0 Å². The van der Waals surface area contributed by atoms with Crippen molar-refractivity contribution in [1.29, 1.82) is 0 Å². The molecule has 0 aromatic heterocycles. The Morgan fingerprint density at radius 3 is 1.59 bits per heavy atom. The molecule has 0 nitrogen and oxygen atoms in total. The average Bonchev–Trinajstić information content (AvgIpc) is 3.06. The van der Waals surface area contributed by atoms with Crippen LogP contribution in [0.25, 0.3) is 5.57 Å². The third-order valence-corrected chi connectivity index (χ3v) is 5.14. The summed E-state index contributed by atoms with van der Waals surface area (Å²) in [5.41, 5.74) is 7.03. The van der Waals surface area contributed by atoms with Gasteiger partial charge in [0.15, 0.2) is 0 Å². The molecule has 0 radical (unpaired) electrons. The lowest BCUT2D eigenvalue weighted by atomic mass is 9.67. The number of benzene rings is 3. The molecule has 134 valence electrons. The molecule has 3 aromatic rings. The zero-order valence-electron chi connectivity index (χ0n) is 16.2. The Morgan fingerprint density at radius 2 is 1.11 bits per heavy atom. The van der Waals surface area contributed by atoms with Crippen molar-refractivity contribution < 1.29 is 0 Å². The third-order valence-electron chi connectivity index (χ3n) is 5.14. The molecule has 0 fully saturated rings. The van der Waals surface area contributed by atoms with Gasteiger partial charge < -0.3 is 0 Å². The molecule has 0 amide bonds. The fourth-order valence-corrected chi connectivity index (χ4v) is 4.19. The lowest BCUT2D eigenvalue weighted by molar-refractivity contribution is 0.762. The van der Waals surface area contributed by atoms with Crippen LogP contribution >= 0.6 is 0 Å². The van der Waals surface area contributed by atoms with E-state index in [4.69, 9.17) is 0 Å². The SMILES string of the molecule is C=CC1=C(C=C)C(c2ccccc2)(c2ccccc2)c2ccccc21.CC. The topological polar surface area (TPSA) is 0 Å². The van der Waals surface area contributed by atoms with Crippen molar-refractivity contribution in [1.82, 2.24) is 0 Å². The van der Waals surface area contributed by atoms with Gasteiger partial charge in [0.05, 0.1) is 5.41 Å². The van der Waals surface area contributed by atoms with Crippen LogP contribution in [0.5, 0.6) is 0 Å². The molecule has 0 saturated carbocycles. The van der Waals surface area contributed by atoms with E-state index in [2.05, 4.69) is 98.1 Å². The van der Waals surface area contributed by atoms with E-state index < -0.39 is 0 Å². The second-order valence-corrected chi connectivity index (χ2v) is 6.26. The second kappa shape index (κ2) is 8.05. The predicted octanol–water partition coefficient (Wildman–Crippen LogP) is 7.19. The number of allylic oxidation sites excluding steroid dienone is 4. The van der Waals surface area contributed by atoms with Gasteiger partial charge in [0.25, 0.3) is 0 Å². The summed E-state index contributed by atoms with van der Waals surface area (Å²) in [6.45, 7) is 12.3. The molecule has 0 heterocycles. The lowest BCUT2D eigenvalue weighted by Crippen LogP contribution is -2.29. The zero-order chi connectivity index (χ0) is 19.3. The summed E-state index contributed by atoms with van der Waals surface area (Å²) in [4.78, 5) is 0. The first-order valence-corrected chi connectivity index (χ1v) is 9.54. The van der Waals surface area contributed by atoms with Crippen LogP contribution in [0.4, 0.5) is 0 Å². The van der Waals surface area contributed by atoms with Crippen molar-refractivity contribution in [2.24, 2.45) is 0 Å². The Morgan fingerprint density at radius 1 is 0.630 bits per heavy atom. The van der Waals surface area contributed by atoms with E-state index in [1.807, 2.05) is 26.0 Å². The summed E-state index contributed by atoms with van der Waals surface area (Å²) in [6, 6.07) is 30.0. The molecule has 3 aromatic carbocycles. The van der Waals surface area contributed by atoms with Crippen LogP contribution in [0.2, 0.25) is 0 Å². The average molecular weight is 351 g/mol. The summed E-state index contributed by atoms with van der Waals surface area (Å²) in [6.07, 6.45) is 3.96. The number of hydrogen-bond acceptors (Lipinski definition) is 0. The van der Waals surface area contributed by atoms with E-state index >= 15 is 0 Å². The summed E-state index contributed by atoms with van der Waals surface area (Å²) in [5.74, 6) is 0. The van der Waals surface area contributed by atoms with Gasteiger partial charge in [0.2, 0.25) is 0 Å². The summed E-state index contributed by atoms with van der Waals surface area (Å²) >= 11 is 0. The molecular formula is C27H26. The zero-order valence-corrected chi connectivity index (χ0v) is 16.2. The van der Waals surface area contributed by atoms with Gasteiger partial charge in [0, 0.05) is 0 Å². The minimum Gasteiger partial charge on any atom is -0.0987 e. The smallest absolute Gasteiger partial charge is 0.0713 e. The Balaban J connectivity index is 0.00000102. The van der Waals surface area contributed by atoms with Crippen LogP contribution in [-0.4, -0.2) is 0 Å². The van der Waals surface area contributed by atoms with Gasteiger partial charge in [-0.1, -0.05) is 124 Å². The maximum Gasteiger partial charge on any atom is 0.0713 e. The van der Waals surface area contributed by atoms with Gasteiger partial charge in [-0.25, -0.2) is 0 Å². The number of hydrogen-bond donors (Lipinski definition) is 0. The van der Waals surface area contributed by atoms with Crippen molar-refractivity contribution in [3.63, 3.8) is 0 Å². The number of fused-ring (bicyclic) bond motifs is 1. The van der Waals surface area contributed by atoms with E-state index in [0.29, 0.717) is 0 Å². The van der Waals surface area contributed by atoms with Crippen molar-refractivity contribution in [2.45, 2.75) is 19.3 Å². The molecule has 0 bridgehead atoms. The van der Waals surface area contributed by atoms with Gasteiger partial charge >= 0.3 is 0 Å². The summed E-state index contributed by atoms with van der Waals surface area (Å²) < 4.78 is 0. The molecule has 0 aliphatic heterocycles. The molecule has 0 saturated heterocycles. The van der Waals surface area contributed by atoms with E-state index in [9.17, 15) is 0 Å². The molecule has 0 spiro atoms. The highest BCUT2D eigenvalue weighted by Gasteiger charge is 2.45. The van der Waals surface area contributed by atoms with E-state index in [-0.39, 0.29) is 5.41 Å². The fourth-order valence-electron chi connectivity index (χ4n) is 4.19. The van der Waals surface area contributed by atoms with Gasteiger partial charge in [0.1, 0.15) is 0 Å². The maximum absolute atomic E-state index is 4.16. The van der Waals surface area contributed by atoms with Crippen LogP contribution in [0.15, 0.2) is 116 Å². The first-order valence-electron chi connectivity index (χ1n) is 9.54. The Bertz CT molecular complexity index is 920. The van der Waals surface area contributed by atoms with E-state index in [1.165, 1.54) is 33.4 Å². The van der Waals surface area contributed by atoms with Gasteiger partial charge in [-0.05, 0) is 33.4 Å². The molecule has 1 aliphatic rings. The second-order valence-electron chi connectivity index (χ2n) is 6.26. The molecule has 1 aliphatic carbocycles. The first kappa shape index (κ1) is 18.7. The minimum absolute atomic E-state index is 0.357. The molecule has 0 heteroatoms. The summed E-state index contributed by atoms with van der Waals surface area (Å²) in [5, 5.41) is 0. The van der Waals surface area contributed by atoms with Crippen molar-refractivity contribution in [3.8, 4) is 0 Å². The monoisotopic (exact) mass is 350 g/mol. The standard InChI is InChI=1S/C25H20.C2H6/c1-3-21-22-17-11-12-18-24(22)25(23(21)4-2,19-13-7-5-8-14-19)20-15-9-6-10-16-20;1-2/h3-18H,1-2H2;1-2H3. The van der Waals surface area contributed by atoms with Gasteiger partial charge in [-0.2, -0.15) is 0 Å². The highest BCUT2D eigenvalue weighted by atomic mass is 14.5. The Kier molecular flexibility index (Phi) is 5.57. The normalized spacial score (nSPS) is 14.0. The highest BCUT2D eigenvalue weighted by Crippen LogP contribution is 2.54. The van der Waals surface area contributed by atoms with Crippen LogP contribution in [-0.2, 0) is 5.41 Å². The van der Waals surface area contributed by atoms with Gasteiger partial charge in [-0.3, -0.25) is 0 Å². The van der Waals surface area contributed by atoms with E-state index in [1.54, 1.807) is 0 Å². The van der Waals surface area contributed by atoms with Crippen LogP contribution in [0, 0.1) is 0 Å². The predicted molar refractivity (Wildman–Crippen MR) is 118 cm³/mol. The molecule has 4 rings (SSSR count). The van der Waals surface area contributed by atoms with E-state index in [0.717, 1.165) is 0 Å². The van der Waals surface area contributed by atoms with Gasteiger partial charge in [-0.15, -0.1) is 0 Å². The molecule has 0 unspecified atom stereocenters. The molecular weight excluding hydrogens is 324 g/mol. The maximum atomic E-state index is 4.16. The van der Waals surface area contributed by atoms with Crippen LogP contribution in [0.3, 0.4) is 0 Å². The number of rotatable bonds is 4. The largest absolute Gasteiger partial charge is 0.0987 e. The Hall–Kier alpha value is -3.12. The summed E-state index contributed by atoms with van der Waals surface area (Å²) in [7, 11) is 0. The van der Waals surface area contributed by atoms with Crippen molar-refractivity contribution in [2.75, 3.05) is 0 Å².